The van der Waals surface area contributed by atoms with Gasteiger partial charge < -0.3 is 5.32 Å². The van der Waals surface area contributed by atoms with Crippen molar-refractivity contribution in [2.75, 3.05) is 5.32 Å². The largest absolute Gasteiger partial charge is 0.375 e. The second-order valence-corrected chi connectivity index (χ2v) is 3.87. The van der Waals surface area contributed by atoms with Crippen LogP contribution in [0.25, 0.3) is 0 Å². The zero-order chi connectivity index (χ0) is 13.1. The molecule has 0 spiro atoms. The SMILES string of the molecule is Cc1ccc(F)c(NCc2nccn2C(F)F)c1. The molecule has 0 saturated heterocycles. The molecule has 1 aromatic carbocycles. The number of benzene rings is 1. The zero-order valence-electron chi connectivity index (χ0n) is 9.70. The summed E-state index contributed by atoms with van der Waals surface area (Å²) in [5, 5.41) is 2.76. The maximum absolute atomic E-state index is 13.4. The Morgan fingerprint density at radius 1 is 1.39 bits per heavy atom. The molecule has 2 aromatic rings. The molecule has 2 rings (SSSR count). The quantitative estimate of drug-likeness (QED) is 0.908. The third-order valence-corrected chi connectivity index (χ3v) is 2.52. The van der Waals surface area contributed by atoms with E-state index in [4.69, 9.17) is 0 Å². The number of aromatic nitrogens is 2. The number of rotatable bonds is 4. The molecule has 3 nitrogen and oxygen atoms in total. The van der Waals surface area contributed by atoms with Crippen molar-refractivity contribution in [2.45, 2.75) is 20.0 Å². The Morgan fingerprint density at radius 2 is 2.17 bits per heavy atom. The first-order valence-corrected chi connectivity index (χ1v) is 5.38. The molecule has 1 N–H and O–H groups in total. The summed E-state index contributed by atoms with van der Waals surface area (Å²) in [7, 11) is 0. The van der Waals surface area contributed by atoms with Gasteiger partial charge in [-0.25, -0.2) is 9.37 Å². The Balaban J connectivity index is 2.11. The lowest BCUT2D eigenvalue weighted by Crippen LogP contribution is -2.09. The minimum Gasteiger partial charge on any atom is -0.375 e. The Kier molecular flexibility index (Phi) is 3.55. The van der Waals surface area contributed by atoms with Crippen molar-refractivity contribution in [2.24, 2.45) is 0 Å². The van der Waals surface area contributed by atoms with Gasteiger partial charge >= 0.3 is 6.55 Å². The average molecular weight is 255 g/mol. The zero-order valence-corrected chi connectivity index (χ0v) is 9.70. The van der Waals surface area contributed by atoms with Crippen LogP contribution >= 0.6 is 0 Å². The van der Waals surface area contributed by atoms with Gasteiger partial charge in [0.2, 0.25) is 0 Å². The molecule has 6 heteroatoms. The van der Waals surface area contributed by atoms with Crippen LogP contribution in [0.15, 0.2) is 30.6 Å². The molecular weight excluding hydrogens is 243 g/mol. The fourth-order valence-electron chi connectivity index (χ4n) is 1.61. The molecule has 1 aromatic heterocycles. The van der Waals surface area contributed by atoms with E-state index >= 15 is 0 Å². The summed E-state index contributed by atoms with van der Waals surface area (Å²) in [6.45, 7) is -0.783. The van der Waals surface area contributed by atoms with Crippen LogP contribution in [0.2, 0.25) is 0 Å². The fraction of sp³-hybridized carbons (Fsp3) is 0.250. The summed E-state index contributed by atoms with van der Waals surface area (Å²) >= 11 is 0. The van der Waals surface area contributed by atoms with Crippen molar-refractivity contribution in [3.05, 3.63) is 47.8 Å². The Hall–Kier alpha value is -1.98. The number of imidazole rings is 1. The van der Waals surface area contributed by atoms with Gasteiger partial charge in [0, 0.05) is 12.4 Å². The highest BCUT2D eigenvalue weighted by molar-refractivity contribution is 5.47. The van der Waals surface area contributed by atoms with Gasteiger partial charge in [0.05, 0.1) is 12.2 Å². The van der Waals surface area contributed by atoms with E-state index < -0.39 is 12.4 Å². The number of alkyl halides is 2. The predicted molar refractivity (Wildman–Crippen MR) is 61.9 cm³/mol. The summed E-state index contributed by atoms with van der Waals surface area (Å²) < 4.78 is 39.3. The average Bonchev–Trinajstić information content (AvgIpc) is 2.79. The van der Waals surface area contributed by atoms with Crippen molar-refractivity contribution in [1.82, 2.24) is 9.55 Å². The van der Waals surface area contributed by atoms with E-state index in [-0.39, 0.29) is 18.1 Å². The lowest BCUT2D eigenvalue weighted by molar-refractivity contribution is 0.0673. The van der Waals surface area contributed by atoms with E-state index in [1.54, 1.807) is 12.1 Å². The Morgan fingerprint density at radius 3 is 2.89 bits per heavy atom. The minimum atomic E-state index is -2.65. The highest BCUT2D eigenvalue weighted by Gasteiger charge is 2.11. The summed E-state index contributed by atoms with van der Waals surface area (Å²) in [6, 6.07) is 4.59. The van der Waals surface area contributed by atoms with Gasteiger partial charge in [0.25, 0.3) is 0 Å². The molecule has 0 saturated carbocycles. The molecule has 1 heterocycles. The molecule has 0 radical (unpaired) electrons. The third-order valence-electron chi connectivity index (χ3n) is 2.52. The number of hydrogen-bond acceptors (Lipinski definition) is 2. The Labute approximate surface area is 102 Å². The second kappa shape index (κ2) is 5.12. The summed E-state index contributed by atoms with van der Waals surface area (Å²) in [5.41, 5.74) is 1.16. The lowest BCUT2D eigenvalue weighted by Gasteiger charge is -2.10. The Bertz CT molecular complexity index is 537. The monoisotopic (exact) mass is 255 g/mol. The smallest absolute Gasteiger partial charge is 0.319 e. The van der Waals surface area contributed by atoms with Crippen molar-refractivity contribution in [3.63, 3.8) is 0 Å². The van der Waals surface area contributed by atoms with Gasteiger partial charge in [0.1, 0.15) is 11.6 Å². The molecule has 0 aliphatic carbocycles. The van der Waals surface area contributed by atoms with Crippen LogP contribution in [-0.4, -0.2) is 9.55 Å². The molecule has 0 aliphatic rings. The van der Waals surface area contributed by atoms with Crippen LogP contribution < -0.4 is 5.32 Å². The number of anilines is 1. The topological polar surface area (TPSA) is 29.9 Å². The van der Waals surface area contributed by atoms with E-state index in [1.807, 2.05) is 6.92 Å². The van der Waals surface area contributed by atoms with Crippen molar-refractivity contribution < 1.29 is 13.2 Å². The van der Waals surface area contributed by atoms with Crippen LogP contribution in [0.1, 0.15) is 17.9 Å². The maximum Gasteiger partial charge on any atom is 0.319 e. The minimum absolute atomic E-state index is 0.0394. The summed E-state index contributed by atoms with van der Waals surface area (Å²) in [5.74, 6) is -0.262. The molecule has 0 amide bonds. The number of aryl methyl sites for hydroxylation is 1. The molecular formula is C12H12F3N3. The highest BCUT2D eigenvalue weighted by atomic mass is 19.3. The summed E-state index contributed by atoms with van der Waals surface area (Å²) in [6.07, 6.45) is 2.48. The number of halogens is 3. The molecule has 0 aliphatic heterocycles. The number of nitrogens with zero attached hydrogens (tertiary/aromatic N) is 2. The maximum atomic E-state index is 13.4. The van der Waals surface area contributed by atoms with E-state index in [9.17, 15) is 13.2 Å². The predicted octanol–water partition coefficient (Wildman–Crippen LogP) is 3.34. The van der Waals surface area contributed by atoms with Gasteiger partial charge in [-0.05, 0) is 24.6 Å². The third kappa shape index (κ3) is 2.64. The van der Waals surface area contributed by atoms with Crippen LogP contribution in [0, 0.1) is 12.7 Å². The highest BCUT2D eigenvalue weighted by Crippen LogP contribution is 2.18. The molecule has 18 heavy (non-hydrogen) atoms. The van der Waals surface area contributed by atoms with Crippen molar-refractivity contribution in [3.8, 4) is 0 Å². The van der Waals surface area contributed by atoms with Gasteiger partial charge in [0.15, 0.2) is 0 Å². The van der Waals surface area contributed by atoms with Crippen molar-refractivity contribution in [1.29, 1.82) is 0 Å². The van der Waals surface area contributed by atoms with E-state index in [0.717, 1.165) is 10.1 Å². The lowest BCUT2D eigenvalue weighted by atomic mass is 10.2. The standard InChI is InChI=1S/C12H12F3N3/c1-8-2-3-9(13)10(6-8)17-7-11-16-4-5-18(11)12(14)15/h2-6,12,17H,7H2,1H3. The first kappa shape index (κ1) is 12.5. The van der Waals surface area contributed by atoms with Crippen molar-refractivity contribution >= 4 is 5.69 Å². The van der Waals surface area contributed by atoms with Crippen LogP contribution in [0.5, 0.6) is 0 Å². The second-order valence-electron chi connectivity index (χ2n) is 3.87. The van der Waals surface area contributed by atoms with Crippen LogP contribution in [0.3, 0.4) is 0 Å². The normalized spacial score (nSPS) is 10.9. The van der Waals surface area contributed by atoms with Gasteiger partial charge in [-0.3, -0.25) is 4.57 Å². The molecule has 96 valence electrons. The number of hydrogen-bond donors (Lipinski definition) is 1. The van der Waals surface area contributed by atoms with Gasteiger partial charge in [-0.1, -0.05) is 6.07 Å². The molecule has 0 atom stereocenters. The fourth-order valence-corrected chi connectivity index (χ4v) is 1.61. The summed E-state index contributed by atoms with van der Waals surface area (Å²) in [4.78, 5) is 3.80. The van der Waals surface area contributed by atoms with Crippen LogP contribution in [0.4, 0.5) is 18.9 Å². The van der Waals surface area contributed by atoms with E-state index in [0.29, 0.717) is 0 Å². The number of nitrogens with one attached hydrogen (secondary N) is 1. The molecule has 0 unspecified atom stereocenters. The molecule has 0 bridgehead atoms. The van der Waals surface area contributed by atoms with E-state index in [1.165, 1.54) is 18.5 Å². The first-order chi connectivity index (χ1) is 8.58. The van der Waals surface area contributed by atoms with Gasteiger partial charge in [-0.15, -0.1) is 0 Å². The van der Waals surface area contributed by atoms with Crippen LogP contribution in [-0.2, 0) is 6.54 Å². The van der Waals surface area contributed by atoms with E-state index in [2.05, 4.69) is 10.3 Å². The first-order valence-electron chi connectivity index (χ1n) is 5.38. The molecule has 0 fully saturated rings. The van der Waals surface area contributed by atoms with Gasteiger partial charge in [-0.2, -0.15) is 8.78 Å².